The van der Waals surface area contributed by atoms with Crippen molar-refractivity contribution in [2.75, 3.05) is 0 Å². The van der Waals surface area contributed by atoms with Crippen LogP contribution in [0.2, 0.25) is 0 Å². The molecule has 0 unspecified atom stereocenters. The van der Waals surface area contributed by atoms with Gasteiger partial charge in [0.25, 0.3) is 5.91 Å². The Labute approximate surface area is 148 Å². The number of carbonyl (C=O) groups is 2. The Morgan fingerprint density at radius 3 is 2.40 bits per heavy atom. The summed E-state index contributed by atoms with van der Waals surface area (Å²) in [6, 6.07) is 15.3. The van der Waals surface area contributed by atoms with Gasteiger partial charge in [-0.05, 0) is 35.6 Å². The Morgan fingerprint density at radius 2 is 1.72 bits per heavy atom. The summed E-state index contributed by atoms with van der Waals surface area (Å²) >= 11 is 0. The second-order valence-electron chi connectivity index (χ2n) is 5.92. The standard InChI is InChI=1S/C21H23NO3/c1-2-3-6-16-9-11-17(12-10-16)15-20(23)19-8-5-4-7-18(19)13-14-21(24)22-25/h4-5,7-14,25H,2-3,6,15H2,1H3,(H,22,24)/b14-13+. The fraction of sp³-hybridized carbons (Fsp3) is 0.238. The SMILES string of the molecule is CCCCc1ccc(CC(=O)c2ccccc2/C=C/C(=O)NO)cc1. The number of benzene rings is 2. The lowest BCUT2D eigenvalue weighted by Crippen LogP contribution is -2.15. The molecule has 0 saturated carbocycles. The average molecular weight is 337 g/mol. The van der Waals surface area contributed by atoms with Crippen molar-refractivity contribution in [3.8, 4) is 0 Å². The molecule has 2 aromatic rings. The molecule has 0 aliphatic rings. The van der Waals surface area contributed by atoms with Gasteiger partial charge in [-0.2, -0.15) is 0 Å². The molecule has 1 amide bonds. The van der Waals surface area contributed by atoms with Gasteiger partial charge in [0.15, 0.2) is 5.78 Å². The first-order valence-electron chi connectivity index (χ1n) is 8.46. The second kappa shape index (κ2) is 9.55. The highest BCUT2D eigenvalue weighted by atomic mass is 16.5. The van der Waals surface area contributed by atoms with E-state index in [0.29, 0.717) is 17.5 Å². The quantitative estimate of drug-likeness (QED) is 0.331. The van der Waals surface area contributed by atoms with Crippen molar-refractivity contribution in [1.82, 2.24) is 5.48 Å². The van der Waals surface area contributed by atoms with Crippen molar-refractivity contribution in [2.45, 2.75) is 32.6 Å². The van der Waals surface area contributed by atoms with Gasteiger partial charge in [-0.1, -0.05) is 61.9 Å². The van der Waals surface area contributed by atoms with Gasteiger partial charge in [0.05, 0.1) is 0 Å². The van der Waals surface area contributed by atoms with Gasteiger partial charge in [-0.25, -0.2) is 5.48 Å². The molecule has 130 valence electrons. The number of hydrogen-bond acceptors (Lipinski definition) is 3. The predicted molar refractivity (Wildman–Crippen MR) is 98.5 cm³/mol. The first kappa shape index (κ1) is 18.6. The lowest BCUT2D eigenvalue weighted by Gasteiger charge is -2.07. The maximum atomic E-state index is 12.6. The van der Waals surface area contributed by atoms with Crippen molar-refractivity contribution >= 4 is 17.8 Å². The maximum absolute atomic E-state index is 12.6. The Hall–Kier alpha value is -2.72. The van der Waals surface area contributed by atoms with E-state index in [1.165, 1.54) is 36.0 Å². The van der Waals surface area contributed by atoms with Gasteiger partial charge in [0.1, 0.15) is 0 Å². The van der Waals surface area contributed by atoms with E-state index in [4.69, 9.17) is 5.21 Å². The number of rotatable bonds is 8. The fourth-order valence-electron chi connectivity index (χ4n) is 2.58. The fourth-order valence-corrected chi connectivity index (χ4v) is 2.58. The van der Waals surface area contributed by atoms with Gasteiger partial charge in [-0.3, -0.25) is 14.8 Å². The number of amides is 1. The summed E-state index contributed by atoms with van der Waals surface area (Å²) in [5.41, 5.74) is 4.99. The Balaban J connectivity index is 2.10. The number of Topliss-reactive ketones (excluding diaryl/α,β-unsaturated/α-hetero) is 1. The molecular weight excluding hydrogens is 314 g/mol. The zero-order valence-electron chi connectivity index (χ0n) is 14.4. The molecular formula is C21H23NO3. The summed E-state index contributed by atoms with van der Waals surface area (Å²) in [4.78, 5) is 23.8. The summed E-state index contributed by atoms with van der Waals surface area (Å²) in [6.45, 7) is 2.17. The Morgan fingerprint density at radius 1 is 1.04 bits per heavy atom. The van der Waals surface area contributed by atoms with Crippen LogP contribution in [0, 0.1) is 0 Å². The topological polar surface area (TPSA) is 66.4 Å². The molecule has 0 fully saturated rings. The van der Waals surface area contributed by atoms with Crippen LogP contribution in [0.15, 0.2) is 54.6 Å². The summed E-state index contributed by atoms with van der Waals surface area (Å²) in [7, 11) is 0. The average Bonchev–Trinajstić information content (AvgIpc) is 2.65. The van der Waals surface area contributed by atoms with E-state index in [9.17, 15) is 9.59 Å². The second-order valence-corrected chi connectivity index (χ2v) is 5.92. The molecule has 0 bridgehead atoms. The number of nitrogens with one attached hydrogen (secondary N) is 1. The molecule has 2 aromatic carbocycles. The van der Waals surface area contributed by atoms with Crippen molar-refractivity contribution in [3.63, 3.8) is 0 Å². The van der Waals surface area contributed by atoms with Crippen LogP contribution in [0.3, 0.4) is 0 Å². The molecule has 25 heavy (non-hydrogen) atoms. The number of aryl methyl sites for hydroxylation is 1. The molecule has 4 heteroatoms. The first-order chi connectivity index (χ1) is 12.1. The van der Waals surface area contributed by atoms with E-state index in [1.54, 1.807) is 24.3 Å². The van der Waals surface area contributed by atoms with Crippen molar-refractivity contribution in [3.05, 3.63) is 76.9 Å². The smallest absolute Gasteiger partial charge is 0.267 e. The maximum Gasteiger partial charge on any atom is 0.267 e. The summed E-state index contributed by atoms with van der Waals surface area (Å²) in [5, 5.41) is 8.54. The highest BCUT2D eigenvalue weighted by Crippen LogP contribution is 2.15. The summed E-state index contributed by atoms with van der Waals surface area (Å²) in [5.74, 6) is -0.643. The van der Waals surface area contributed by atoms with E-state index in [-0.39, 0.29) is 5.78 Å². The van der Waals surface area contributed by atoms with E-state index >= 15 is 0 Å². The Bertz CT molecular complexity index is 748. The van der Waals surface area contributed by atoms with Crippen LogP contribution < -0.4 is 5.48 Å². The number of hydrogen-bond donors (Lipinski definition) is 2. The molecule has 0 aromatic heterocycles. The third-order valence-corrected chi connectivity index (χ3v) is 3.99. The summed E-state index contributed by atoms with van der Waals surface area (Å²) < 4.78 is 0. The molecule has 2 N–H and O–H groups in total. The third kappa shape index (κ3) is 5.69. The zero-order valence-corrected chi connectivity index (χ0v) is 14.4. The molecule has 0 saturated heterocycles. The molecule has 0 aliphatic heterocycles. The molecule has 0 heterocycles. The monoisotopic (exact) mass is 337 g/mol. The van der Waals surface area contributed by atoms with E-state index in [0.717, 1.165) is 12.0 Å². The van der Waals surface area contributed by atoms with Crippen LogP contribution in [0.25, 0.3) is 6.08 Å². The molecule has 0 spiro atoms. The van der Waals surface area contributed by atoms with Crippen LogP contribution in [0.5, 0.6) is 0 Å². The molecule has 0 radical (unpaired) electrons. The van der Waals surface area contributed by atoms with Crippen LogP contribution >= 0.6 is 0 Å². The van der Waals surface area contributed by atoms with Crippen molar-refractivity contribution < 1.29 is 14.8 Å². The minimum Gasteiger partial charge on any atom is -0.294 e. The number of ketones is 1. The largest absolute Gasteiger partial charge is 0.294 e. The minimum atomic E-state index is -0.634. The number of carbonyl (C=O) groups excluding carboxylic acids is 2. The highest BCUT2D eigenvalue weighted by Gasteiger charge is 2.10. The lowest BCUT2D eigenvalue weighted by atomic mass is 9.97. The van der Waals surface area contributed by atoms with Gasteiger partial charge < -0.3 is 0 Å². The minimum absolute atomic E-state index is 0.00837. The first-order valence-corrected chi connectivity index (χ1v) is 8.46. The number of unbranched alkanes of at least 4 members (excludes halogenated alkanes) is 1. The van der Waals surface area contributed by atoms with Gasteiger partial charge in [0.2, 0.25) is 0 Å². The van der Waals surface area contributed by atoms with Crippen molar-refractivity contribution in [1.29, 1.82) is 0 Å². The van der Waals surface area contributed by atoms with Gasteiger partial charge in [-0.15, -0.1) is 0 Å². The molecule has 4 nitrogen and oxygen atoms in total. The normalized spacial score (nSPS) is 10.8. The predicted octanol–water partition coefficient (Wildman–Crippen LogP) is 3.97. The summed E-state index contributed by atoms with van der Waals surface area (Å²) in [6.07, 6.45) is 6.41. The van der Waals surface area contributed by atoms with E-state index < -0.39 is 5.91 Å². The lowest BCUT2D eigenvalue weighted by molar-refractivity contribution is -0.124. The Kier molecular flexibility index (Phi) is 7.11. The van der Waals surface area contributed by atoms with Gasteiger partial charge >= 0.3 is 0 Å². The van der Waals surface area contributed by atoms with E-state index in [2.05, 4.69) is 19.1 Å². The van der Waals surface area contributed by atoms with Crippen LogP contribution in [0.4, 0.5) is 0 Å². The van der Waals surface area contributed by atoms with Gasteiger partial charge in [0, 0.05) is 18.1 Å². The van der Waals surface area contributed by atoms with Crippen LogP contribution in [-0.4, -0.2) is 16.9 Å². The zero-order chi connectivity index (χ0) is 18.1. The van der Waals surface area contributed by atoms with Crippen LogP contribution in [0.1, 0.15) is 46.8 Å². The third-order valence-electron chi connectivity index (χ3n) is 3.99. The highest BCUT2D eigenvalue weighted by molar-refractivity contribution is 6.01. The van der Waals surface area contributed by atoms with E-state index in [1.807, 2.05) is 12.1 Å². The molecule has 2 rings (SSSR count). The van der Waals surface area contributed by atoms with Crippen LogP contribution in [-0.2, 0) is 17.6 Å². The molecule has 0 aliphatic carbocycles. The number of hydroxylamine groups is 1. The van der Waals surface area contributed by atoms with Crippen molar-refractivity contribution in [2.24, 2.45) is 0 Å². The molecule has 0 atom stereocenters.